The standard InChI is InChI=1S/C34H36ClN7O3/c1-18-4-9-23(36)17-41(18)34(44)22-13-27-30(29(15-22)45-3)40(2)33(39-27)28-14-21-8-11-26(38-32(21)42(28)16-19-5-6-19)20-7-10-24(31(37)43)25(35)12-20/h7-8,10-15,18-19,23H,4-6,9,16-17,36H2,1-3H3,(H2,37,43)/t18-,23+/m0/s1. The van der Waals surface area contributed by atoms with Crippen LogP contribution < -0.4 is 16.2 Å². The van der Waals surface area contributed by atoms with Gasteiger partial charge in [-0.25, -0.2) is 9.97 Å². The summed E-state index contributed by atoms with van der Waals surface area (Å²) in [5.74, 6) is 1.29. The number of methoxy groups -OCH3 is 1. The van der Waals surface area contributed by atoms with E-state index >= 15 is 0 Å². The third-order valence-corrected chi connectivity index (χ3v) is 9.53. The number of carbonyl (C=O) groups excluding carboxylic acids is 2. The molecule has 10 nitrogen and oxygen atoms in total. The smallest absolute Gasteiger partial charge is 0.254 e. The summed E-state index contributed by atoms with van der Waals surface area (Å²) >= 11 is 6.37. The van der Waals surface area contributed by atoms with Crippen LogP contribution in [-0.4, -0.2) is 61.6 Å². The fraction of sp³-hybridized carbons (Fsp3) is 0.353. The zero-order valence-corrected chi connectivity index (χ0v) is 26.3. The maximum absolute atomic E-state index is 13.7. The minimum Gasteiger partial charge on any atom is -0.494 e. The molecule has 1 saturated heterocycles. The molecule has 0 unspecified atom stereocenters. The minimum absolute atomic E-state index is 0.0220. The highest BCUT2D eigenvalue weighted by Crippen LogP contribution is 2.38. The number of aryl methyl sites for hydroxylation is 1. The first-order valence-electron chi connectivity index (χ1n) is 15.3. The van der Waals surface area contributed by atoms with Crippen molar-refractivity contribution in [3.05, 3.63) is 64.7 Å². The Labute approximate surface area is 265 Å². The van der Waals surface area contributed by atoms with Crippen LogP contribution in [0.25, 0.3) is 44.8 Å². The lowest BCUT2D eigenvalue weighted by Gasteiger charge is -2.36. The number of imidazole rings is 1. The molecule has 1 saturated carbocycles. The number of piperidine rings is 1. The third kappa shape index (κ3) is 5.21. The van der Waals surface area contributed by atoms with Gasteiger partial charge in [-0.2, -0.15) is 0 Å². The summed E-state index contributed by atoms with van der Waals surface area (Å²) in [5.41, 5.74) is 17.3. The number of nitrogens with zero attached hydrogens (tertiary/aromatic N) is 5. The molecule has 2 aromatic carbocycles. The molecule has 3 aromatic heterocycles. The number of carbonyl (C=O) groups is 2. The average Bonchev–Trinajstić information content (AvgIpc) is 3.70. The van der Waals surface area contributed by atoms with Crippen molar-refractivity contribution in [3.63, 3.8) is 0 Å². The van der Waals surface area contributed by atoms with E-state index in [9.17, 15) is 9.59 Å². The molecule has 11 heteroatoms. The molecule has 2 fully saturated rings. The molecule has 232 valence electrons. The second-order valence-corrected chi connectivity index (χ2v) is 12.8. The van der Waals surface area contributed by atoms with E-state index in [1.54, 1.807) is 19.2 Å². The SMILES string of the molecule is COc1cc(C(=O)N2C[C@H](N)CC[C@@H]2C)cc2nc(-c3cc4ccc(-c5ccc(C(N)=O)c(Cl)c5)nc4n3CC3CC3)n(C)c12. The van der Waals surface area contributed by atoms with Gasteiger partial charge in [0.1, 0.15) is 16.9 Å². The van der Waals surface area contributed by atoms with E-state index in [0.717, 1.165) is 58.7 Å². The van der Waals surface area contributed by atoms with Crippen LogP contribution in [0.1, 0.15) is 53.3 Å². The van der Waals surface area contributed by atoms with E-state index < -0.39 is 5.91 Å². The summed E-state index contributed by atoms with van der Waals surface area (Å²) in [7, 11) is 3.59. The third-order valence-electron chi connectivity index (χ3n) is 9.22. The van der Waals surface area contributed by atoms with Crippen molar-refractivity contribution >= 4 is 45.5 Å². The topological polar surface area (TPSA) is 134 Å². The first-order chi connectivity index (χ1) is 21.6. The van der Waals surface area contributed by atoms with Gasteiger partial charge in [-0.3, -0.25) is 9.59 Å². The highest BCUT2D eigenvalue weighted by Gasteiger charge is 2.30. The number of amides is 2. The first kappa shape index (κ1) is 29.3. The van der Waals surface area contributed by atoms with Gasteiger partial charge in [-0.05, 0) is 81.0 Å². The molecule has 7 rings (SSSR count). The number of rotatable bonds is 7. The molecule has 0 radical (unpaired) electrons. The molecule has 0 bridgehead atoms. The Hall–Kier alpha value is -4.41. The molecular formula is C34H36ClN7O3. The maximum atomic E-state index is 13.7. The predicted octanol–water partition coefficient (Wildman–Crippen LogP) is 5.38. The number of likely N-dealkylation sites (tertiary alicyclic amines) is 1. The summed E-state index contributed by atoms with van der Waals surface area (Å²) in [4.78, 5) is 37.4. The molecule has 0 spiro atoms. The summed E-state index contributed by atoms with van der Waals surface area (Å²) in [6.07, 6.45) is 4.14. The highest BCUT2D eigenvalue weighted by atomic mass is 35.5. The van der Waals surface area contributed by atoms with E-state index in [0.29, 0.717) is 34.3 Å². The van der Waals surface area contributed by atoms with Crippen LogP contribution in [0, 0.1) is 5.92 Å². The number of nitrogens with two attached hydrogens (primary N) is 2. The van der Waals surface area contributed by atoms with E-state index in [2.05, 4.69) is 17.6 Å². The summed E-state index contributed by atoms with van der Waals surface area (Å²) < 4.78 is 10.1. The van der Waals surface area contributed by atoms with Gasteiger partial charge in [0.2, 0.25) is 5.91 Å². The molecular weight excluding hydrogens is 590 g/mol. The molecule has 1 aliphatic heterocycles. The van der Waals surface area contributed by atoms with Crippen molar-refractivity contribution < 1.29 is 14.3 Å². The zero-order valence-electron chi connectivity index (χ0n) is 25.6. The Morgan fingerprint density at radius 1 is 1.04 bits per heavy atom. The Bertz CT molecular complexity index is 1990. The van der Waals surface area contributed by atoms with Gasteiger partial charge in [0.15, 0.2) is 5.82 Å². The molecule has 4 heterocycles. The predicted molar refractivity (Wildman–Crippen MR) is 175 cm³/mol. The number of primary amides is 1. The molecule has 2 amide bonds. The van der Waals surface area contributed by atoms with Gasteiger partial charge in [0, 0.05) is 48.7 Å². The van der Waals surface area contributed by atoms with Crippen molar-refractivity contribution in [2.45, 2.75) is 51.2 Å². The van der Waals surface area contributed by atoms with Crippen LogP contribution in [0.2, 0.25) is 5.02 Å². The monoisotopic (exact) mass is 625 g/mol. The number of fused-ring (bicyclic) bond motifs is 2. The zero-order chi connectivity index (χ0) is 31.6. The Morgan fingerprint density at radius 3 is 2.56 bits per heavy atom. The number of pyridine rings is 1. The van der Waals surface area contributed by atoms with Crippen molar-refractivity contribution in [3.8, 4) is 28.5 Å². The molecule has 2 atom stereocenters. The fourth-order valence-electron chi connectivity index (χ4n) is 6.49. The van der Waals surface area contributed by atoms with Gasteiger partial charge in [-0.15, -0.1) is 0 Å². The van der Waals surface area contributed by atoms with Crippen molar-refractivity contribution in [2.24, 2.45) is 24.4 Å². The normalized spacial score (nSPS) is 18.6. The Kier molecular flexibility index (Phi) is 7.29. The van der Waals surface area contributed by atoms with Gasteiger partial charge in [-0.1, -0.05) is 17.7 Å². The van der Waals surface area contributed by atoms with Gasteiger partial charge in [0.25, 0.3) is 5.91 Å². The molecule has 5 aromatic rings. The lowest BCUT2D eigenvalue weighted by atomic mass is 9.99. The summed E-state index contributed by atoms with van der Waals surface area (Å²) in [6, 6.07) is 15.0. The number of halogens is 1. The lowest BCUT2D eigenvalue weighted by Crippen LogP contribution is -2.50. The van der Waals surface area contributed by atoms with Gasteiger partial charge in [0.05, 0.1) is 34.6 Å². The van der Waals surface area contributed by atoms with E-state index in [1.165, 1.54) is 12.8 Å². The van der Waals surface area contributed by atoms with Gasteiger partial charge >= 0.3 is 0 Å². The lowest BCUT2D eigenvalue weighted by molar-refractivity contribution is 0.0612. The summed E-state index contributed by atoms with van der Waals surface area (Å²) in [5, 5.41) is 1.28. The van der Waals surface area contributed by atoms with Crippen LogP contribution in [-0.2, 0) is 13.6 Å². The fourth-order valence-corrected chi connectivity index (χ4v) is 6.77. The van der Waals surface area contributed by atoms with Crippen molar-refractivity contribution in [2.75, 3.05) is 13.7 Å². The number of aromatic nitrogens is 4. The first-order valence-corrected chi connectivity index (χ1v) is 15.7. The van der Waals surface area contributed by atoms with E-state index in [1.807, 2.05) is 46.8 Å². The average molecular weight is 626 g/mol. The largest absolute Gasteiger partial charge is 0.494 e. The van der Waals surface area contributed by atoms with Crippen LogP contribution in [0.3, 0.4) is 0 Å². The number of benzene rings is 2. The van der Waals surface area contributed by atoms with Crippen LogP contribution in [0.15, 0.2) is 48.5 Å². The Balaban J connectivity index is 1.34. The van der Waals surface area contributed by atoms with Crippen LogP contribution in [0.4, 0.5) is 0 Å². The van der Waals surface area contributed by atoms with Crippen LogP contribution in [0.5, 0.6) is 5.75 Å². The van der Waals surface area contributed by atoms with Crippen molar-refractivity contribution in [1.82, 2.24) is 24.0 Å². The highest BCUT2D eigenvalue weighted by molar-refractivity contribution is 6.34. The molecule has 45 heavy (non-hydrogen) atoms. The summed E-state index contributed by atoms with van der Waals surface area (Å²) in [6.45, 7) is 3.42. The van der Waals surface area contributed by atoms with Crippen molar-refractivity contribution in [1.29, 1.82) is 0 Å². The second-order valence-electron chi connectivity index (χ2n) is 12.4. The second kappa shape index (κ2) is 11.2. The van der Waals surface area contributed by atoms with Gasteiger partial charge < -0.3 is 30.2 Å². The number of ether oxygens (including phenoxy) is 1. The molecule has 1 aliphatic carbocycles. The quantitative estimate of drug-likeness (QED) is 0.249. The maximum Gasteiger partial charge on any atom is 0.254 e. The van der Waals surface area contributed by atoms with Crippen LogP contribution >= 0.6 is 11.6 Å². The minimum atomic E-state index is -0.571. The van der Waals surface area contributed by atoms with E-state index in [4.69, 9.17) is 37.8 Å². The van der Waals surface area contributed by atoms with E-state index in [-0.39, 0.29) is 23.6 Å². The number of hydrogen-bond acceptors (Lipinski definition) is 6. The molecule has 2 aliphatic rings. The Morgan fingerprint density at radius 2 is 1.84 bits per heavy atom. The number of hydrogen-bond donors (Lipinski definition) is 2. The molecule has 4 N–H and O–H groups in total.